The third-order valence-corrected chi connectivity index (χ3v) is 10.0. The molecule has 0 heterocycles. The van der Waals surface area contributed by atoms with Gasteiger partial charge in [-0.25, -0.2) is 0 Å². The second-order valence-corrected chi connectivity index (χ2v) is 12.3. The van der Waals surface area contributed by atoms with Crippen LogP contribution in [0.2, 0.25) is 0 Å². The predicted octanol–water partition coefficient (Wildman–Crippen LogP) is 9.61. The second-order valence-electron chi connectivity index (χ2n) is 12.3. The summed E-state index contributed by atoms with van der Waals surface area (Å²) in [6.45, 7) is 19.1. The van der Waals surface area contributed by atoms with E-state index in [-0.39, 0.29) is 0 Å². The third-order valence-electron chi connectivity index (χ3n) is 10.0. The lowest BCUT2D eigenvalue weighted by molar-refractivity contribution is 0.0447. The molecule has 3 fully saturated rings. The lowest BCUT2D eigenvalue weighted by Crippen LogP contribution is -2.46. The Balaban J connectivity index is 0.00000124. The number of hydrogen-bond donors (Lipinski definition) is 0. The topological polar surface area (TPSA) is 0 Å². The van der Waals surface area contributed by atoms with Gasteiger partial charge < -0.3 is 0 Å². The lowest BCUT2D eigenvalue weighted by Gasteiger charge is -2.55. The Bertz CT molecular complexity index is 636. The maximum absolute atomic E-state index is 2.69. The van der Waals surface area contributed by atoms with E-state index in [4.69, 9.17) is 0 Å². The Kier molecular flexibility index (Phi) is 7.67. The summed E-state index contributed by atoms with van der Waals surface area (Å²) in [5.41, 5.74) is 4.73. The molecule has 172 valence electrons. The Hall–Kier alpha value is -0.520. The van der Waals surface area contributed by atoms with Crippen LogP contribution in [0.5, 0.6) is 0 Å². The van der Waals surface area contributed by atoms with Gasteiger partial charge in [0.05, 0.1) is 0 Å². The van der Waals surface area contributed by atoms with Crippen LogP contribution in [-0.2, 0) is 0 Å². The van der Waals surface area contributed by atoms with Gasteiger partial charge in [-0.3, -0.25) is 0 Å². The highest BCUT2D eigenvalue weighted by Crippen LogP contribution is 2.66. The van der Waals surface area contributed by atoms with Crippen molar-refractivity contribution in [1.82, 2.24) is 0 Å². The van der Waals surface area contributed by atoms with E-state index >= 15 is 0 Å². The van der Waals surface area contributed by atoms with Crippen LogP contribution in [0.3, 0.4) is 0 Å². The average molecular weight is 413 g/mol. The molecule has 0 aromatic carbocycles. The van der Waals surface area contributed by atoms with Gasteiger partial charge in [0.15, 0.2) is 0 Å². The molecule has 0 heteroatoms. The molecule has 0 bridgehead atoms. The minimum absolute atomic E-state index is 0.485. The van der Waals surface area contributed by atoms with Gasteiger partial charge in [0, 0.05) is 0 Å². The second kappa shape index (κ2) is 9.54. The SMILES string of the molecule is CC.CC(C)CCC[C@@H](C)C1CCC2C3=CC=C4CC(C)CCC4(C)C3CCC21C. The van der Waals surface area contributed by atoms with Crippen molar-refractivity contribution < 1.29 is 0 Å². The van der Waals surface area contributed by atoms with Crippen molar-refractivity contribution in [3.8, 4) is 0 Å². The average Bonchev–Trinajstić information content (AvgIpc) is 3.07. The van der Waals surface area contributed by atoms with Crippen molar-refractivity contribution in [2.24, 2.45) is 46.3 Å². The molecule has 0 aromatic heterocycles. The van der Waals surface area contributed by atoms with Crippen LogP contribution in [-0.4, -0.2) is 0 Å². The Morgan fingerprint density at radius 3 is 2.33 bits per heavy atom. The quantitative estimate of drug-likeness (QED) is 0.421. The zero-order chi connectivity index (χ0) is 22.1. The number of rotatable bonds is 5. The molecule has 0 radical (unpaired) electrons. The van der Waals surface area contributed by atoms with Gasteiger partial charge in [-0.05, 0) is 91.3 Å². The first-order valence-corrected chi connectivity index (χ1v) is 13.7. The van der Waals surface area contributed by atoms with Crippen LogP contribution < -0.4 is 0 Å². The molecule has 3 saturated carbocycles. The minimum Gasteiger partial charge on any atom is -0.0683 e. The fourth-order valence-electron chi connectivity index (χ4n) is 8.21. The van der Waals surface area contributed by atoms with Gasteiger partial charge in [0.2, 0.25) is 0 Å². The third kappa shape index (κ3) is 4.23. The largest absolute Gasteiger partial charge is 0.0683 e. The zero-order valence-corrected chi connectivity index (χ0v) is 21.7. The van der Waals surface area contributed by atoms with Gasteiger partial charge >= 0.3 is 0 Å². The predicted molar refractivity (Wildman–Crippen MR) is 134 cm³/mol. The molecular weight excluding hydrogens is 360 g/mol. The zero-order valence-electron chi connectivity index (χ0n) is 21.7. The smallest absolute Gasteiger partial charge is 0.00474 e. The molecule has 7 atom stereocenters. The van der Waals surface area contributed by atoms with E-state index in [2.05, 4.69) is 53.7 Å². The van der Waals surface area contributed by atoms with Crippen molar-refractivity contribution in [2.45, 2.75) is 120 Å². The first kappa shape index (κ1) is 24.1. The van der Waals surface area contributed by atoms with Gasteiger partial charge in [-0.15, -0.1) is 0 Å². The Morgan fingerprint density at radius 2 is 1.63 bits per heavy atom. The first-order chi connectivity index (χ1) is 14.3. The molecule has 30 heavy (non-hydrogen) atoms. The maximum atomic E-state index is 2.69. The molecule has 4 aliphatic carbocycles. The molecule has 0 aromatic rings. The summed E-state index contributed by atoms with van der Waals surface area (Å²) in [5, 5.41) is 0. The highest BCUT2D eigenvalue weighted by molar-refractivity contribution is 5.38. The van der Waals surface area contributed by atoms with Gasteiger partial charge in [0.25, 0.3) is 0 Å². The minimum atomic E-state index is 0.485. The Morgan fingerprint density at radius 1 is 0.900 bits per heavy atom. The standard InChI is InChI=1S/C28H46.C2H6/c1-19(2)8-7-9-21(4)24-12-13-25-23-11-10-22-18-20(3)14-16-27(22,5)26(23)15-17-28(24,25)6;1-2/h10-11,19-21,24-26H,7-9,12-18H2,1-6H3;1-2H3/t20?,21-,24?,25?,26?,27?,28?;/m1./s1. The van der Waals surface area contributed by atoms with Crippen molar-refractivity contribution in [1.29, 1.82) is 0 Å². The number of fused-ring (bicyclic) bond motifs is 5. The van der Waals surface area contributed by atoms with E-state index < -0.39 is 0 Å². The molecule has 0 nitrogen and oxygen atoms in total. The Labute approximate surface area is 189 Å². The normalized spacial score (nSPS) is 41.0. The van der Waals surface area contributed by atoms with E-state index in [9.17, 15) is 0 Å². The number of allylic oxidation sites excluding steroid dienone is 4. The van der Waals surface area contributed by atoms with E-state index in [1.165, 1.54) is 64.2 Å². The summed E-state index contributed by atoms with van der Waals surface area (Å²) in [6.07, 6.45) is 19.6. The molecule has 0 aliphatic heterocycles. The summed E-state index contributed by atoms with van der Waals surface area (Å²) in [5.74, 6) is 5.35. The molecule has 4 rings (SSSR count). The summed E-state index contributed by atoms with van der Waals surface area (Å²) < 4.78 is 0. The highest BCUT2D eigenvalue weighted by atomic mass is 14.6. The summed E-state index contributed by atoms with van der Waals surface area (Å²) in [7, 11) is 0. The fraction of sp³-hybridized carbons (Fsp3) is 0.867. The van der Waals surface area contributed by atoms with Crippen molar-refractivity contribution >= 4 is 0 Å². The van der Waals surface area contributed by atoms with Gasteiger partial charge in [0.1, 0.15) is 0 Å². The molecule has 0 spiro atoms. The van der Waals surface area contributed by atoms with Crippen molar-refractivity contribution in [2.75, 3.05) is 0 Å². The fourth-order valence-corrected chi connectivity index (χ4v) is 8.21. The van der Waals surface area contributed by atoms with Crippen LogP contribution in [0.25, 0.3) is 0 Å². The van der Waals surface area contributed by atoms with Crippen LogP contribution >= 0.6 is 0 Å². The molecule has 0 saturated heterocycles. The van der Waals surface area contributed by atoms with Crippen molar-refractivity contribution in [3.05, 3.63) is 23.3 Å². The molecule has 6 unspecified atom stereocenters. The van der Waals surface area contributed by atoms with Crippen LogP contribution in [0.15, 0.2) is 23.3 Å². The van der Waals surface area contributed by atoms with Crippen LogP contribution in [0.4, 0.5) is 0 Å². The molecular formula is C30H52. The lowest BCUT2D eigenvalue weighted by atomic mass is 9.49. The van der Waals surface area contributed by atoms with Crippen LogP contribution in [0, 0.1) is 46.3 Å². The van der Waals surface area contributed by atoms with Gasteiger partial charge in [-0.2, -0.15) is 0 Å². The maximum Gasteiger partial charge on any atom is -0.00474 e. The summed E-state index contributed by atoms with van der Waals surface area (Å²) in [6, 6.07) is 0. The first-order valence-electron chi connectivity index (χ1n) is 13.7. The van der Waals surface area contributed by atoms with E-state index in [0.29, 0.717) is 10.8 Å². The summed E-state index contributed by atoms with van der Waals surface area (Å²) >= 11 is 0. The molecule has 0 N–H and O–H groups in total. The highest BCUT2D eigenvalue weighted by Gasteiger charge is 2.56. The molecule has 4 aliphatic rings. The monoisotopic (exact) mass is 412 g/mol. The van der Waals surface area contributed by atoms with E-state index in [1.807, 2.05) is 19.4 Å². The molecule has 0 amide bonds. The van der Waals surface area contributed by atoms with E-state index in [1.54, 1.807) is 5.57 Å². The number of hydrogen-bond acceptors (Lipinski definition) is 0. The van der Waals surface area contributed by atoms with Gasteiger partial charge in [-0.1, -0.05) is 98.0 Å². The summed E-state index contributed by atoms with van der Waals surface area (Å²) in [4.78, 5) is 0. The van der Waals surface area contributed by atoms with Crippen LogP contribution in [0.1, 0.15) is 120 Å². The van der Waals surface area contributed by atoms with Crippen molar-refractivity contribution in [3.63, 3.8) is 0 Å². The van der Waals surface area contributed by atoms with E-state index in [0.717, 1.165) is 35.5 Å².